The molecule has 0 saturated heterocycles. The summed E-state index contributed by atoms with van der Waals surface area (Å²) in [4.78, 5) is 24.5. The van der Waals surface area contributed by atoms with Crippen molar-refractivity contribution in [3.8, 4) is 0 Å². The molecule has 1 aromatic carbocycles. The molecule has 0 unspecified atom stereocenters. The number of anilines is 2. The van der Waals surface area contributed by atoms with Crippen molar-refractivity contribution in [3.63, 3.8) is 0 Å². The number of benzene rings is 1. The summed E-state index contributed by atoms with van der Waals surface area (Å²) in [7, 11) is 0. The van der Waals surface area contributed by atoms with E-state index >= 15 is 0 Å². The molecule has 22 heavy (non-hydrogen) atoms. The SMILES string of the molecule is CSc1nc(Nc2ccc(C(C)=O)cc2)c2cccnc2n1. The van der Waals surface area contributed by atoms with Gasteiger partial charge in [0.15, 0.2) is 16.6 Å². The maximum atomic E-state index is 11.3. The third-order valence-electron chi connectivity index (χ3n) is 3.19. The van der Waals surface area contributed by atoms with E-state index in [-0.39, 0.29) is 5.78 Å². The van der Waals surface area contributed by atoms with Crippen LogP contribution in [0.1, 0.15) is 17.3 Å². The first-order chi connectivity index (χ1) is 10.7. The van der Waals surface area contributed by atoms with Crippen LogP contribution in [0, 0.1) is 0 Å². The van der Waals surface area contributed by atoms with Gasteiger partial charge in [0, 0.05) is 17.4 Å². The van der Waals surface area contributed by atoms with Gasteiger partial charge in [0.05, 0.1) is 5.39 Å². The Labute approximate surface area is 132 Å². The van der Waals surface area contributed by atoms with Crippen LogP contribution in [0.3, 0.4) is 0 Å². The Kier molecular flexibility index (Phi) is 4.02. The number of nitrogens with zero attached hydrogens (tertiary/aromatic N) is 3. The average molecular weight is 310 g/mol. The molecular weight excluding hydrogens is 296 g/mol. The Balaban J connectivity index is 2.00. The molecular formula is C16H14N4OS. The van der Waals surface area contributed by atoms with Crippen molar-refractivity contribution >= 4 is 40.1 Å². The number of ketones is 1. The van der Waals surface area contributed by atoms with Crippen molar-refractivity contribution in [2.45, 2.75) is 12.1 Å². The quantitative estimate of drug-likeness (QED) is 0.450. The summed E-state index contributed by atoms with van der Waals surface area (Å²) >= 11 is 1.47. The number of carbonyl (C=O) groups is 1. The summed E-state index contributed by atoms with van der Waals surface area (Å²) in [5.74, 6) is 0.755. The zero-order chi connectivity index (χ0) is 15.5. The van der Waals surface area contributed by atoms with E-state index in [1.54, 1.807) is 25.3 Å². The zero-order valence-electron chi connectivity index (χ0n) is 12.2. The molecule has 0 radical (unpaired) electrons. The standard InChI is InChI=1S/C16H14N4OS/c1-10(21)11-5-7-12(8-6-11)18-15-13-4-3-9-17-14(13)19-16(20-15)22-2/h3-9H,1-2H3,(H,17,18,19,20). The molecule has 6 heteroatoms. The van der Waals surface area contributed by atoms with Crippen LogP contribution in [0.15, 0.2) is 47.8 Å². The molecule has 0 aliphatic heterocycles. The number of nitrogens with one attached hydrogen (secondary N) is 1. The van der Waals surface area contributed by atoms with Gasteiger partial charge < -0.3 is 5.32 Å². The third kappa shape index (κ3) is 2.92. The Hall–Kier alpha value is -2.47. The van der Waals surface area contributed by atoms with Crippen LogP contribution in [0.2, 0.25) is 0 Å². The maximum absolute atomic E-state index is 11.3. The van der Waals surface area contributed by atoms with Crippen LogP contribution in [-0.2, 0) is 0 Å². The monoisotopic (exact) mass is 310 g/mol. The first kappa shape index (κ1) is 14.5. The highest BCUT2D eigenvalue weighted by molar-refractivity contribution is 7.98. The van der Waals surface area contributed by atoms with E-state index in [1.165, 1.54) is 11.8 Å². The number of pyridine rings is 1. The molecule has 0 fully saturated rings. The molecule has 0 amide bonds. The van der Waals surface area contributed by atoms with Gasteiger partial charge in [0.1, 0.15) is 5.82 Å². The zero-order valence-corrected chi connectivity index (χ0v) is 13.0. The Morgan fingerprint density at radius 3 is 2.59 bits per heavy atom. The van der Waals surface area contributed by atoms with Gasteiger partial charge in [-0.15, -0.1) is 0 Å². The van der Waals surface area contributed by atoms with Gasteiger partial charge in [0.2, 0.25) is 0 Å². The van der Waals surface area contributed by atoms with Crippen molar-refractivity contribution in [1.29, 1.82) is 0 Å². The van der Waals surface area contributed by atoms with Gasteiger partial charge in [-0.1, -0.05) is 11.8 Å². The lowest BCUT2D eigenvalue weighted by Gasteiger charge is -2.09. The van der Waals surface area contributed by atoms with E-state index < -0.39 is 0 Å². The molecule has 0 aliphatic carbocycles. The van der Waals surface area contributed by atoms with Crippen molar-refractivity contribution in [3.05, 3.63) is 48.2 Å². The fraction of sp³-hybridized carbons (Fsp3) is 0.125. The summed E-state index contributed by atoms with van der Waals surface area (Å²) in [5.41, 5.74) is 2.20. The second-order valence-electron chi connectivity index (χ2n) is 4.69. The number of aromatic nitrogens is 3. The smallest absolute Gasteiger partial charge is 0.191 e. The van der Waals surface area contributed by atoms with Gasteiger partial charge >= 0.3 is 0 Å². The highest BCUT2D eigenvalue weighted by Gasteiger charge is 2.08. The van der Waals surface area contributed by atoms with Gasteiger partial charge in [-0.2, -0.15) is 0 Å². The van der Waals surface area contributed by atoms with E-state index in [0.29, 0.717) is 22.2 Å². The summed E-state index contributed by atoms with van der Waals surface area (Å²) < 4.78 is 0. The fourth-order valence-electron chi connectivity index (χ4n) is 2.05. The van der Waals surface area contributed by atoms with Crippen LogP contribution in [-0.4, -0.2) is 27.0 Å². The second-order valence-corrected chi connectivity index (χ2v) is 5.47. The Morgan fingerprint density at radius 2 is 1.91 bits per heavy atom. The fourth-order valence-corrected chi connectivity index (χ4v) is 2.41. The predicted molar refractivity (Wildman–Crippen MR) is 88.8 cm³/mol. The molecule has 2 aromatic heterocycles. The van der Waals surface area contributed by atoms with Crippen LogP contribution in [0.5, 0.6) is 0 Å². The molecule has 5 nitrogen and oxygen atoms in total. The lowest BCUT2D eigenvalue weighted by atomic mass is 10.1. The molecule has 0 aliphatic rings. The number of hydrogen-bond donors (Lipinski definition) is 1. The molecule has 0 atom stereocenters. The Bertz CT molecular complexity index is 833. The topological polar surface area (TPSA) is 67.8 Å². The number of rotatable bonds is 4. The lowest BCUT2D eigenvalue weighted by Crippen LogP contribution is -2.00. The maximum Gasteiger partial charge on any atom is 0.191 e. The average Bonchev–Trinajstić information content (AvgIpc) is 2.55. The third-order valence-corrected chi connectivity index (χ3v) is 3.74. The molecule has 110 valence electrons. The van der Waals surface area contributed by atoms with Gasteiger partial charge in [-0.05, 0) is 49.6 Å². The first-order valence-corrected chi connectivity index (χ1v) is 7.94. The van der Waals surface area contributed by atoms with E-state index in [9.17, 15) is 4.79 Å². The van der Waals surface area contributed by atoms with E-state index in [2.05, 4.69) is 20.3 Å². The van der Waals surface area contributed by atoms with Gasteiger partial charge in [-0.3, -0.25) is 4.79 Å². The van der Waals surface area contributed by atoms with Crippen LogP contribution in [0.25, 0.3) is 11.0 Å². The minimum Gasteiger partial charge on any atom is -0.340 e. The van der Waals surface area contributed by atoms with E-state index in [0.717, 1.165) is 11.1 Å². The summed E-state index contributed by atoms with van der Waals surface area (Å²) in [5, 5.41) is 4.79. The molecule has 1 N–H and O–H groups in total. The van der Waals surface area contributed by atoms with Crippen molar-refractivity contribution in [2.24, 2.45) is 0 Å². The summed E-state index contributed by atoms with van der Waals surface area (Å²) in [6.07, 6.45) is 3.64. The normalized spacial score (nSPS) is 10.6. The van der Waals surface area contributed by atoms with Crippen LogP contribution < -0.4 is 5.32 Å². The van der Waals surface area contributed by atoms with Crippen molar-refractivity contribution in [2.75, 3.05) is 11.6 Å². The lowest BCUT2D eigenvalue weighted by molar-refractivity contribution is 0.101. The molecule has 3 aromatic rings. The molecule has 0 spiro atoms. The van der Waals surface area contributed by atoms with Crippen molar-refractivity contribution in [1.82, 2.24) is 15.0 Å². The molecule has 0 saturated carbocycles. The number of Topliss-reactive ketones (excluding diaryl/α,β-unsaturated/α-hetero) is 1. The Morgan fingerprint density at radius 1 is 1.14 bits per heavy atom. The largest absolute Gasteiger partial charge is 0.340 e. The number of fused-ring (bicyclic) bond motifs is 1. The van der Waals surface area contributed by atoms with Gasteiger partial charge in [-0.25, -0.2) is 15.0 Å². The second kappa shape index (κ2) is 6.11. The summed E-state index contributed by atoms with van der Waals surface area (Å²) in [6.45, 7) is 1.55. The minimum atomic E-state index is 0.0490. The molecule has 3 rings (SSSR count). The first-order valence-electron chi connectivity index (χ1n) is 6.72. The number of carbonyl (C=O) groups excluding carboxylic acids is 1. The van der Waals surface area contributed by atoms with Crippen molar-refractivity contribution < 1.29 is 4.79 Å². The molecule has 2 heterocycles. The highest BCUT2D eigenvalue weighted by atomic mass is 32.2. The summed E-state index contributed by atoms with van der Waals surface area (Å²) in [6, 6.07) is 11.1. The van der Waals surface area contributed by atoms with Gasteiger partial charge in [0.25, 0.3) is 0 Å². The minimum absolute atomic E-state index is 0.0490. The number of thioether (sulfide) groups is 1. The number of hydrogen-bond acceptors (Lipinski definition) is 6. The molecule has 0 bridgehead atoms. The highest BCUT2D eigenvalue weighted by Crippen LogP contribution is 2.25. The van der Waals surface area contributed by atoms with Crippen LogP contribution in [0.4, 0.5) is 11.5 Å². The van der Waals surface area contributed by atoms with E-state index in [1.807, 2.05) is 30.5 Å². The van der Waals surface area contributed by atoms with E-state index in [4.69, 9.17) is 0 Å². The predicted octanol–water partition coefficient (Wildman–Crippen LogP) is 3.69. The van der Waals surface area contributed by atoms with Crippen LogP contribution >= 0.6 is 11.8 Å².